The maximum absolute atomic E-state index is 13.1. The van der Waals surface area contributed by atoms with Crippen molar-refractivity contribution in [3.8, 4) is 11.5 Å². The van der Waals surface area contributed by atoms with Gasteiger partial charge in [0.05, 0.1) is 24.9 Å². The number of rotatable bonds is 6. The molecule has 3 rings (SSSR count). The van der Waals surface area contributed by atoms with Crippen LogP contribution < -0.4 is 14.8 Å². The molecule has 1 aliphatic rings. The molecule has 0 unspecified atom stereocenters. The lowest BCUT2D eigenvalue weighted by Gasteiger charge is -2.26. The Hall–Kier alpha value is -2.40. The molecule has 5 nitrogen and oxygen atoms in total. The summed E-state index contributed by atoms with van der Waals surface area (Å²) in [6.07, 6.45) is 2.09. The minimum Gasteiger partial charge on any atom is -0.495 e. The smallest absolute Gasteiger partial charge is 0.249 e. The fourth-order valence-corrected chi connectivity index (χ4v) is 3.42. The molecule has 1 heterocycles. The molecule has 1 atom stereocenters. The minimum atomic E-state index is -0.507. The highest BCUT2D eigenvalue weighted by atomic mass is 35.5. The van der Waals surface area contributed by atoms with Crippen molar-refractivity contribution >= 4 is 23.2 Å². The molecule has 0 saturated carbocycles. The van der Waals surface area contributed by atoms with Gasteiger partial charge in [0.1, 0.15) is 17.5 Å². The first kappa shape index (κ1) is 18.4. The number of methoxy groups -OCH3 is 2. The third-order valence-electron chi connectivity index (χ3n) is 4.57. The fraction of sp³-hybridized carbons (Fsp3) is 0.350. The number of carbonyl (C=O) groups excluding carboxylic acids is 1. The number of nitrogens with zero attached hydrogens (tertiary/aromatic N) is 1. The van der Waals surface area contributed by atoms with E-state index in [0.29, 0.717) is 22.2 Å². The molecule has 0 aromatic heterocycles. The summed E-state index contributed by atoms with van der Waals surface area (Å²) in [5.74, 6) is 1.15. The summed E-state index contributed by atoms with van der Waals surface area (Å²) < 4.78 is 10.7. The van der Waals surface area contributed by atoms with E-state index < -0.39 is 6.04 Å². The molecule has 1 amide bonds. The summed E-state index contributed by atoms with van der Waals surface area (Å²) in [6, 6.07) is 12.6. The second-order valence-corrected chi connectivity index (χ2v) is 6.61. The van der Waals surface area contributed by atoms with Gasteiger partial charge in [-0.3, -0.25) is 4.79 Å². The first-order chi connectivity index (χ1) is 12.6. The van der Waals surface area contributed by atoms with Gasteiger partial charge in [0, 0.05) is 19.2 Å². The number of likely N-dealkylation sites (tertiary alicyclic amines) is 1. The molecule has 6 heteroatoms. The molecule has 2 aromatic rings. The number of halogens is 1. The Morgan fingerprint density at radius 2 is 1.73 bits per heavy atom. The maximum atomic E-state index is 13.1. The van der Waals surface area contributed by atoms with Crippen LogP contribution in [0.1, 0.15) is 24.4 Å². The van der Waals surface area contributed by atoms with Crippen molar-refractivity contribution in [3.63, 3.8) is 0 Å². The van der Waals surface area contributed by atoms with E-state index in [2.05, 4.69) is 5.32 Å². The predicted molar refractivity (Wildman–Crippen MR) is 103 cm³/mol. The summed E-state index contributed by atoms with van der Waals surface area (Å²) >= 11 is 6.28. The Kier molecular flexibility index (Phi) is 5.89. The van der Waals surface area contributed by atoms with Gasteiger partial charge < -0.3 is 19.7 Å². The number of nitrogens with one attached hydrogen (secondary N) is 1. The van der Waals surface area contributed by atoms with Crippen molar-refractivity contribution in [3.05, 3.63) is 53.1 Å². The second kappa shape index (κ2) is 8.32. The quantitative estimate of drug-likeness (QED) is 0.825. The fourth-order valence-electron chi connectivity index (χ4n) is 3.18. The largest absolute Gasteiger partial charge is 0.495 e. The van der Waals surface area contributed by atoms with Crippen molar-refractivity contribution in [2.75, 3.05) is 32.6 Å². The Bertz CT molecular complexity index is 761. The van der Waals surface area contributed by atoms with Gasteiger partial charge in [-0.25, -0.2) is 0 Å². The summed E-state index contributed by atoms with van der Waals surface area (Å²) in [5, 5.41) is 3.78. The molecule has 138 valence electrons. The minimum absolute atomic E-state index is 0.0580. The van der Waals surface area contributed by atoms with E-state index >= 15 is 0 Å². The SMILES string of the molecule is COc1cc(OC)c(N[C@@H](C(=O)N2CCCC2)c2ccccc2)cc1Cl. The van der Waals surface area contributed by atoms with Crippen molar-refractivity contribution in [1.29, 1.82) is 0 Å². The van der Waals surface area contributed by atoms with E-state index in [4.69, 9.17) is 21.1 Å². The van der Waals surface area contributed by atoms with E-state index in [-0.39, 0.29) is 5.91 Å². The van der Waals surface area contributed by atoms with Crippen molar-refractivity contribution in [2.24, 2.45) is 0 Å². The number of ether oxygens (including phenoxy) is 2. The van der Waals surface area contributed by atoms with Crippen LogP contribution >= 0.6 is 11.6 Å². The monoisotopic (exact) mass is 374 g/mol. The summed E-state index contributed by atoms with van der Waals surface area (Å²) in [5.41, 5.74) is 1.55. The predicted octanol–water partition coefficient (Wildman–Crippen LogP) is 4.13. The molecule has 1 saturated heterocycles. The molecule has 1 fully saturated rings. The first-order valence-electron chi connectivity index (χ1n) is 8.66. The molecule has 0 spiro atoms. The Labute approximate surface area is 158 Å². The van der Waals surface area contributed by atoms with Crippen LogP contribution in [-0.2, 0) is 4.79 Å². The Balaban J connectivity index is 1.95. The molecule has 0 bridgehead atoms. The van der Waals surface area contributed by atoms with Gasteiger partial charge in [0.15, 0.2) is 0 Å². The second-order valence-electron chi connectivity index (χ2n) is 6.21. The highest BCUT2D eigenvalue weighted by molar-refractivity contribution is 6.32. The summed E-state index contributed by atoms with van der Waals surface area (Å²) in [7, 11) is 3.13. The molecule has 0 aliphatic carbocycles. The van der Waals surface area contributed by atoms with Gasteiger partial charge in [-0.05, 0) is 24.5 Å². The molecule has 1 N–H and O–H groups in total. The molecular formula is C20H23ClN2O3. The van der Waals surface area contributed by atoms with Crippen LogP contribution in [0.25, 0.3) is 0 Å². The summed E-state index contributed by atoms with van der Waals surface area (Å²) in [6.45, 7) is 1.59. The molecule has 2 aromatic carbocycles. The normalized spacial score (nSPS) is 14.8. The van der Waals surface area contributed by atoms with E-state index in [1.165, 1.54) is 0 Å². The van der Waals surface area contributed by atoms with E-state index in [0.717, 1.165) is 31.5 Å². The lowest BCUT2D eigenvalue weighted by molar-refractivity contribution is -0.131. The zero-order valence-electron chi connectivity index (χ0n) is 15.0. The lowest BCUT2D eigenvalue weighted by Crippen LogP contribution is -2.36. The molecule has 1 aliphatic heterocycles. The number of anilines is 1. The average molecular weight is 375 g/mol. The number of amides is 1. The Morgan fingerprint density at radius 1 is 1.08 bits per heavy atom. The third kappa shape index (κ3) is 3.88. The van der Waals surface area contributed by atoms with Gasteiger partial charge in [0.2, 0.25) is 5.91 Å². The molecular weight excluding hydrogens is 352 g/mol. The maximum Gasteiger partial charge on any atom is 0.249 e. The van der Waals surface area contributed by atoms with E-state index in [1.54, 1.807) is 26.4 Å². The topological polar surface area (TPSA) is 50.8 Å². The highest BCUT2D eigenvalue weighted by Gasteiger charge is 2.28. The average Bonchev–Trinajstić information content (AvgIpc) is 3.21. The van der Waals surface area contributed by atoms with Gasteiger partial charge in [-0.15, -0.1) is 0 Å². The number of carbonyl (C=O) groups is 1. The van der Waals surface area contributed by atoms with Crippen LogP contribution in [0.5, 0.6) is 11.5 Å². The standard InChI is InChI=1S/C20H23ClN2O3/c1-25-17-13-18(26-2)16(12-15(17)21)22-19(14-8-4-3-5-9-14)20(24)23-10-6-7-11-23/h3-5,8-9,12-13,19,22H,6-7,10-11H2,1-2H3/t19-/m1/s1. The summed E-state index contributed by atoms with van der Waals surface area (Å²) in [4.78, 5) is 15.0. The van der Waals surface area contributed by atoms with Crippen LogP contribution in [0, 0.1) is 0 Å². The highest BCUT2D eigenvalue weighted by Crippen LogP contribution is 2.38. The van der Waals surface area contributed by atoms with Crippen molar-refractivity contribution in [2.45, 2.75) is 18.9 Å². The van der Waals surface area contributed by atoms with Crippen LogP contribution in [0.2, 0.25) is 5.02 Å². The van der Waals surface area contributed by atoms with Crippen molar-refractivity contribution in [1.82, 2.24) is 4.90 Å². The van der Waals surface area contributed by atoms with Crippen molar-refractivity contribution < 1.29 is 14.3 Å². The van der Waals surface area contributed by atoms with Gasteiger partial charge in [-0.1, -0.05) is 41.9 Å². The molecule has 0 radical (unpaired) electrons. The van der Waals surface area contributed by atoms with Crippen LogP contribution in [-0.4, -0.2) is 38.1 Å². The Morgan fingerprint density at radius 3 is 2.35 bits per heavy atom. The van der Waals surface area contributed by atoms with Gasteiger partial charge in [-0.2, -0.15) is 0 Å². The zero-order valence-corrected chi connectivity index (χ0v) is 15.8. The lowest BCUT2D eigenvalue weighted by atomic mass is 10.0. The molecule has 26 heavy (non-hydrogen) atoms. The number of hydrogen-bond acceptors (Lipinski definition) is 4. The van der Waals surface area contributed by atoms with Crippen LogP contribution in [0.15, 0.2) is 42.5 Å². The van der Waals surface area contributed by atoms with Gasteiger partial charge >= 0.3 is 0 Å². The third-order valence-corrected chi connectivity index (χ3v) is 4.87. The first-order valence-corrected chi connectivity index (χ1v) is 9.03. The van der Waals surface area contributed by atoms with E-state index in [9.17, 15) is 4.79 Å². The van der Waals surface area contributed by atoms with Gasteiger partial charge in [0.25, 0.3) is 0 Å². The zero-order chi connectivity index (χ0) is 18.5. The van der Waals surface area contributed by atoms with E-state index in [1.807, 2.05) is 35.2 Å². The van der Waals surface area contributed by atoms with Crippen LogP contribution in [0.3, 0.4) is 0 Å². The van der Waals surface area contributed by atoms with Crippen LogP contribution in [0.4, 0.5) is 5.69 Å². The number of benzene rings is 2. The number of hydrogen-bond donors (Lipinski definition) is 1.